The van der Waals surface area contributed by atoms with Crippen LogP contribution in [0.3, 0.4) is 0 Å². The lowest BCUT2D eigenvalue weighted by atomic mass is 10.1. The van der Waals surface area contributed by atoms with E-state index in [9.17, 15) is 14.4 Å². The third-order valence-electron chi connectivity index (χ3n) is 3.72. The maximum absolute atomic E-state index is 12.1. The van der Waals surface area contributed by atoms with Gasteiger partial charge in [-0.2, -0.15) is 0 Å². The first-order valence-electron chi connectivity index (χ1n) is 6.80. The molecule has 0 saturated carbocycles. The van der Waals surface area contributed by atoms with Gasteiger partial charge in [-0.05, 0) is 0 Å². The van der Waals surface area contributed by atoms with Crippen LogP contribution in [0.15, 0.2) is 0 Å². The van der Waals surface area contributed by atoms with Gasteiger partial charge in [-0.25, -0.2) is 0 Å². The van der Waals surface area contributed by atoms with Gasteiger partial charge in [0.1, 0.15) is 5.92 Å². The number of morpholine rings is 1. The molecule has 7 heteroatoms. The average Bonchev–Trinajstić information content (AvgIpc) is 2.87. The summed E-state index contributed by atoms with van der Waals surface area (Å²) in [7, 11) is 1.25. The molecule has 2 aliphatic rings. The molecule has 1 atom stereocenters. The Morgan fingerprint density at radius 3 is 2.70 bits per heavy atom. The summed E-state index contributed by atoms with van der Waals surface area (Å²) in [6, 6.07) is 0. The molecular weight excluding hydrogens is 264 g/mol. The SMILES string of the molecule is COC(=O)C1CN(C(=O)CCN2CCOCC2)CC1=O. The average molecular weight is 284 g/mol. The molecule has 0 spiro atoms. The Labute approximate surface area is 117 Å². The van der Waals surface area contributed by atoms with Gasteiger partial charge in [0.05, 0.1) is 26.9 Å². The summed E-state index contributed by atoms with van der Waals surface area (Å²) in [4.78, 5) is 38.7. The molecule has 2 rings (SSSR count). The molecule has 20 heavy (non-hydrogen) atoms. The largest absolute Gasteiger partial charge is 0.468 e. The lowest BCUT2D eigenvalue weighted by Crippen LogP contribution is -2.39. The number of hydrogen-bond donors (Lipinski definition) is 0. The van der Waals surface area contributed by atoms with Crippen molar-refractivity contribution in [3.05, 3.63) is 0 Å². The number of likely N-dealkylation sites (tertiary alicyclic amines) is 1. The molecule has 0 aliphatic carbocycles. The van der Waals surface area contributed by atoms with E-state index in [-0.39, 0.29) is 24.8 Å². The van der Waals surface area contributed by atoms with Gasteiger partial charge in [0.25, 0.3) is 0 Å². The van der Waals surface area contributed by atoms with Crippen molar-refractivity contribution in [2.24, 2.45) is 5.92 Å². The molecule has 2 saturated heterocycles. The zero-order valence-electron chi connectivity index (χ0n) is 11.7. The number of amides is 1. The maximum atomic E-state index is 12.1. The van der Waals surface area contributed by atoms with Crippen molar-refractivity contribution in [2.45, 2.75) is 6.42 Å². The number of rotatable bonds is 4. The van der Waals surface area contributed by atoms with Gasteiger partial charge in [0.2, 0.25) is 5.91 Å². The van der Waals surface area contributed by atoms with E-state index in [0.717, 1.165) is 13.1 Å². The van der Waals surface area contributed by atoms with Gasteiger partial charge in [0.15, 0.2) is 5.78 Å². The van der Waals surface area contributed by atoms with E-state index in [0.29, 0.717) is 26.2 Å². The molecular formula is C13H20N2O5. The number of carbonyl (C=O) groups is 3. The lowest BCUT2D eigenvalue weighted by molar-refractivity contribution is -0.147. The fourth-order valence-corrected chi connectivity index (χ4v) is 2.46. The van der Waals surface area contributed by atoms with Crippen LogP contribution in [-0.4, -0.2) is 80.5 Å². The maximum Gasteiger partial charge on any atom is 0.318 e. The summed E-state index contributed by atoms with van der Waals surface area (Å²) in [5.74, 6) is -1.70. The van der Waals surface area contributed by atoms with Crippen molar-refractivity contribution in [1.29, 1.82) is 0 Å². The zero-order valence-corrected chi connectivity index (χ0v) is 11.7. The standard InChI is InChI=1S/C13H20N2O5/c1-19-13(18)10-8-15(9-11(10)16)12(17)2-3-14-4-6-20-7-5-14/h10H,2-9H2,1H3. The fourth-order valence-electron chi connectivity index (χ4n) is 2.46. The summed E-state index contributed by atoms with van der Waals surface area (Å²) in [6.07, 6.45) is 0.362. The first-order chi connectivity index (χ1) is 9.61. The molecule has 0 aromatic rings. The number of carbonyl (C=O) groups excluding carboxylic acids is 3. The normalized spacial score (nSPS) is 23.9. The molecule has 0 radical (unpaired) electrons. The number of hydrogen-bond acceptors (Lipinski definition) is 6. The van der Waals surface area contributed by atoms with Crippen LogP contribution in [0.1, 0.15) is 6.42 Å². The van der Waals surface area contributed by atoms with Crippen LogP contribution in [0.4, 0.5) is 0 Å². The lowest BCUT2D eigenvalue weighted by Gasteiger charge is -2.27. The van der Waals surface area contributed by atoms with E-state index in [1.165, 1.54) is 12.0 Å². The van der Waals surface area contributed by atoms with Crippen molar-refractivity contribution in [3.8, 4) is 0 Å². The second-order valence-corrected chi connectivity index (χ2v) is 5.02. The van der Waals surface area contributed by atoms with Crippen molar-refractivity contribution in [2.75, 3.05) is 53.0 Å². The number of nitrogens with zero attached hydrogens (tertiary/aromatic N) is 2. The van der Waals surface area contributed by atoms with E-state index >= 15 is 0 Å². The molecule has 0 aromatic carbocycles. The Morgan fingerprint density at radius 1 is 1.35 bits per heavy atom. The molecule has 7 nitrogen and oxygen atoms in total. The first kappa shape index (κ1) is 14.9. The second kappa shape index (κ2) is 6.81. The highest BCUT2D eigenvalue weighted by Gasteiger charge is 2.38. The fraction of sp³-hybridized carbons (Fsp3) is 0.769. The molecule has 0 N–H and O–H groups in total. The second-order valence-electron chi connectivity index (χ2n) is 5.02. The highest BCUT2D eigenvalue weighted by molar-refractivity contribution is 6.03. The third-order valence-corrected chi connectivity index (χ3v) is 3.72. The van der Waals surface area contributed by atoms with E-state index in [1.807, 2.05) is 0 Å². The summed E-state index contributed by atoms with van der Waals surface area (Å²) in [5, 5.41) is 0. The van der Waals surface area contributed by atoms with Gasteiger partial charge < -0.3 is 14.4 Å². The summed E-state index contributed by atoms with van der Waals surface area (Å²) in [6.45, 7) is 3.88. The Bertz CT molecular complexity index is 392. The molecule has 1 amide bonds. The third kappa shape index (κ3) is 3.55. The van der Waals surface area contributed by atoms with E-state index in [2.05, 4.69) is 9.64 Å². The number of ether oxygens (including phenoxy) is 2. The summed E-state index contributed by atoms with van der Waals surface area (Å²) >= 11 is 0. The van der Waals surface area contributed by atoms with Crippen LogP contribution in [0.5, 0.6) is 0 Å². The Morgan fingerprint density at radius 2 is 2.05 bits per heavy atom. The van der Waals surface area contributed by atoms with E-state index < -0.39 is 11.9 Å². The molecule has 0 aromatic heterocycles. The number of Topliss-reactive ketones (excluding diaryl/α,β-unsaturated/α-hetero) is 1. The summed E-state index contributed by atoms with van der Waals surface area (Å²) in [5.41, 5.74) is 0. The molecule has 2 heterocycles. The van der Waals surface area contributed by atoms with E-state index in [1.54, 1.807) is 0 Å². The first-order valence-corrected chi connectivity index (χ1v) is 6.80. The van der Waals surface area contributed by atoms with Gasteiger partial charge in [-0.3, -0.25) is 19.3 Å². The smallest absolute Gasteiger partial charge is 0.318 e. The Hall–Kier alpha value is -1.47. The number of ketones is 1. The minimum atomic E-state index is -0.813. The van der Waals surface area contributed by atoms with Crippen LogP contribution in [0.2, 0.25) is 0 Å². The predicted octanol–water partition coefficient (Wildman–Crippen LogP) is -1.09. The van der Waals surface area contributed by atoms with Crippen molar-refractivity contribution < 1.29 is 23.9 Å². The Balaban J connectivity index is 1.78. The highest BCUT2D eigenvalue weighted by atomic mass is 16.5. The minimum Gasteiger partial charge on any atom is -0.468 e. The molecule has 2 fully saturated rings. The van der Waals surface area contributed by atoms with Gasteiger partial charge in [-0.15, -0.1) is 0 Å². The number of methoxy groups -OCH3 is 1. The monoisotopic (exact) mass is 284 g/mol. The van der Waals surface area contributed by atoms with Crippen molar-refractivity contribution in [3.63, 3.8) is 0 Å². The van der Waals surface area contributed by atoms with E-state index in [4.69, 9.17) is 4.74 Å². The Kier molecular flexibility index (Phi) is 5.08. The van der Waals surface area contributed by atoms with Crippen LogP contribution >= 0.6 is 0 Å². The minimum absolute atomic E-state index is 0.0156. The van der Waals surface area contributed by atoms with Gasteiger partial charge in [-0.1, -0.05) is 0 Å². The zero-order chi connectivity index (χ0) is 14.5. The summed E-state index contributed by atoms with van der Waals surface area (Å²) < 4.78 is 9.81. The number of esters is 1. The van der Waals surface area contributed by atoms with Gasteiger partial charge in [0, 0.05) is 32.6 Å². The van der Waals surface area contributed by atoms with Crippen LogP contribution in [0, 0.1) is 5.92 Å². The molecule has 2 aliphatic heterocycles. The van der Waals surface area contributed by atoms with Crippen molar-refractivity contribution >= 4 is 17.7 Å². The van der Waals surface area contributed by atoms with Gasteiger partial charge >= 0.3 is 5.97 Å². The molecule has 0 bridgehead atoms. The topological polar surface area (TPSA) is 76.2 Å². The van der Waals surface area contributed by atoms with Crippen LogP contribution in [-0.2, 0) is 23.9 Å². The predicted molar refractivity (Wildman–Crippen MR) is 69.0 cm³/mol. The van der Waals surface area contributed by atoms with Crippen LogP contribution < -0.4 is 0 Å². The highest BCUT2D eigenvalue weighted by Crippen LogP contribution is 2.15. The van der Waals surface area contributed by atoms with Crippen molar-refractivity contribution in [1.82, 2.24) is 9.80 Å². The molecule has 1 unspecified atom stereocenters. The molecule has 112 valence electrons. The quantitative estimate of drug-likeness (QED) is 0.482. The van der Waals surface area contributed by atoms with Crippen LogP contribution in [0.25, 0.3) is 0 Å².